The number of hydrogen-bond donors (Lipinski definition) is 1. The summed E-state index contributed by atoms with van der Waals surface area (Å²) in [5.74, 6) is 0.0109. The molecule has 0 aliphatic carbocycles. The summed E-state index contributed by atoms with van der Waals surface area (Å²) in [6, 6.07) is 4.61. The van der Waals surface area contributed by atoms with Gasteiger partial charge in [0, 0.05) is 12.3 Å². The van der Waals surface area contributed by atoms with Gasteiger partial charge in [0.2, 0.25) is 5.95 Å². The molecule has 0 saturated carbocycles. The number of anilines is 1. The quantitative estimate of drug-likeness (QED) is 0.708. The summed E-state index contributed by atoms with van der Waals surface area (Å²) < 4.78 is 13.8. The van der Waals surface area contributed by atoms with Crippen molar-refractivity contribution in [1.82, 2.24) is 14.8 Å². The molecule has 13 heavy (non-hydrogen) atoms. The predicted molar refractivity (Wildman–Crippen MR) is 45.7 cm³/mol. The average Bonchev–Trinajstić information content (AvgIpc) is 2.53. The summed E-state index contributed by atoms with van der Waals surface area (Å²) in [5, 5.41) is 3.56. The van der Waals surface area contributed by atoms with E-state index in [1.54, 1.807) is 12.1 Å². The minimum absolute atomic E-state index is 0.529. The van der Waals surface area contributed by atoms with Gasteiger partial charge in [-0.1, -0.05) is 0 Å². The van der Waals surface area contributed by atoms with Crippen LogP contribution in [0.15, 0.2) is 30.6 Å². The zero-order chi connectivity index (χ0) is 9.26. The summed E-state index contributed by atoms with van der Waals surface area (Å²) in [5.41, 5.74) is 6.01. The van der Waals surface area contributed by atoms with Gasteiger partial charge in [-0.2, -0.15) is 4.39 Å². The highest BCUT2D eigenvalue weighted by atomic mass is 19.1. The smallest absolute Gasteiger partial charge is 0.233 e. The third-order valence-corrected chi connectivity index (χ3v) is 1.56. The van der Waals surface area contributed by atoms with Gasteiger partial charge in [0.1, 0.15) is 0 Å². The Morgan fingerprint density at radius 1 is 1.31 bits per heavy atom. The maximum absolute atomic E-state index is 12.5. The normalized spacial score (nSPS) is 10.2. The molecule has 0 unspecified atom stereocenters. The first kappa shape index (κ1) is 7.72. The van der Waals surface area contributed by atoms with Crippen molar-refractivity contribution in [3.8, 4) is 5.82 Å². The van der Waals surface area contributed by atoms with Crippen LogP contribution < -0.4 is 5.73 Å². The molecule has 2 aromatic rings. The van der Waals surface area contributed by atoms with Gasteiger partial charge in [-0.15, -0.1) is 5.10 Å². The number of rotatable bonds is 1. The second kappa shape index (κ2) is 2.85. The minimum atomic E-state index is -0.529. The van der Waals surface area contributed by atoms with Crippen molar-refractivity contribution in [3.63, 3.8) is 0 Å². The van der Waals surface area contributed by atoms with E-state index in [0.29, 0.717) is 11.5 Å². The van der Waals surface area contributed by atoms with E-state index in [1.165, 1.54) is 23.1 Å². The fraction of sp³-hybridized carbons (Fsp3) is 0. The third kappa shape index (κ3) is 1.48. The second-order valence-electron chi connectivity index (χ2n) is 2.53. The van der Waals surface area contributed by atoms with Crippen molar-refractivity contribution in [2.24, 2.45) is 0 Å². The lowest BCUT2D eigenvalue weighted by Gasteiger charge is -1.98. The Bertz CT molecular complexity index is 406. The monoisotopic (exact) mass is 178 g/mol. The maximum atomic E-state index is 12.5. The molecule has 0 aromatic carbocycles. The van der Waals surface area contributed by atoms with Gasteiger partial charge in [0.05, 0.1) is 11.9 Å². The molecule has 4 nitrogen and oxygen atoms in total. The van der Waals surface area contributed by atoms with Crippen LogP contribution in [-0.2, 0) is 0 Å². The fourth-order valence-electron chi connectivity index (χ4n) is 0.962. The van der Waals surface area contributed by atoms with Crippen LogP contribution in [0, 0.1) is 5.95 Å². The van der Waals surface area contributed by atoms with E-state index in [-0.39, 0.29) is 0 Å². The molecule has 5 heteroatoms. The maximum Gasteiger partial charge on any atom is 0.233 e. The molecule has 2 rings (SSSR count). The van der Waals surface area contributed by atoms with E-state index in [9.17, 15) is 4.39 Å². The standard InChI is InChI=1S/C8H7FN4/c9-7-3-4-13(12-7)8-2-1-6(10)5-11-8/h1-5H,10H2. The van der Waals surface area contributed by atoms with Gasteiger partial charge in [-0.25, -0.2) is 9.67 Å². The molecular formula is C8H7FN4. The van der Waals surface area contributed by atoms with Crippen LogP contribution in [0.1, 0.15) is 0 Å². The first-order valence-corrected chi connectivity index (χ1v) is 3.69. The molecule has 0 bridgehead atoms. The van der Waals surface area contributed by atoms with E-state index in [2.05, 4.69) is 10.1 Å². The van der Waals surface area contributed by atoms with Crippen molar-refractivity contribution in [2.45, 2.75) is 0 Å². The van der Waals surface area contributed by atoms with Crippen molar-refractivity contribution >= 4 is 5.69 Å². The molecule has 2 heterocycles. The Hall–Kier alpha value is -1.91. The Morgan fingerprint density at radius 3 is 2.69 bits per heavy atom. The van der Waals surface area contributed by atoms with Gasteiger partial charge in [-0.05, 0) is 12.1 Å². The SMILES string of the molecule is Nc1ccc(-n2ccc(F)n2)nc1. The van der Waals surface area contributed by atoms with Crippen LogP contribution in [0.3, 0.4) is 0 Å². The first-order valence-electron chi connectivity index (χ1n) is 3.69. The highest BCUT2D eigenvalue weighted by Gasteiger charge is 1.99. The average molecular weight is 178 g/mol. The zero-order valence-electron chi connectivity index (χ0n) is 6.68. The summed E-state index contributed by atoms with van der Waals surface area (Å²) >= 11 is 0. The summed E-state index contributed by atoms with van der Waals surface area (Å²) in [6.45, 7) is 0. The molecule has 0 saturated heterocycles. The topological polar surface area (TPSA) is 56.7 Å². The van der Waals surface area contributed by atoms with E-state index >= 15 is 0 Å². The van der Waals surface area contributed by atoms with Crippen LogP contribution >= 0.6 is 0 Å². The lowest BCUT2D eigenvalue weighted by Crippen LogP contribution is -1.98. The summed E-state index contributed by atoms with van der Waals surface area (Å²) in [6.07, 6.45) is 2.99. The molecule has 0 spiro atoms. The van der Waals surface area contributed by atoms with Crippen molar-refractivity contribution in [2.75, 3.05) is 5.73 Å². The van der Waals surface area contributed by atoms with E-state index in [1.807, 2.05) is 0 Å². The van der Waals surface area contributed by atoms with Gasteiger partial charge in [0.15, 0.2) is 5.82 Å². The first-order chi connectivity index (χ1) is 6.25. The molecule has 66 valence electrons. The number of nitrogens with two attached hydrogens (primary N) is 1. The summed E-state index contributed by atoms with van der Waals surface area (Å²) in [7, 11) is 0. The molecule has 2 N–H and O–H groups in total. The molecule has 2 aromatic heterocycles. The van der Waals surface area contributed by atoms with E-state index < -0.39 is 5.95 Å². The Labute approximate surface area is 73.8 Å². The Morgan fingerprint density at radius 2 is 2.15 bits per heavy atom. The number of hydrogen-bond acceptors (Lipinski definition) is 3. The van der Waals surface area contributed by atoms with Crippen LogP contribution in [0.25, 0.3) is 5.82 Å². The van der Waals surface area contributed by atoms with Crippen molar-refractivity contribution < 1.29 is 4.39 Å². The molecule has 0 aliphatic heterocycles. The van der Waals surface area contributed by atoms with Crippen molar-refractivity contribution in [1.29, 1.82) is 0 Å². The van der Waals surface area contributed by atoms with Crippen LogP contribution in [0.4, 0.5) is 10.1 Å². The lowest BCUT2D eigenvalue weighted by atomic mass is 10.4. The molecular weight excluding hydrogens is 171 g/mol. The van der Waals surface area contributed by atoms with Gasteiger partial charge in [0.25, 0.3) is 0 Å². The number of pyridine rings is 1. The van der Waals surface area contributed by atoms with Crippen LogP contribution in [-0.4, -0.2) is 14.8 Å². The Balaban J connectivity index is 2.41. The van der Waals surface area contributed by atoms with Crippen molar-refractivity contribution in [3.05, 3.63) is 36.5 Å². The highest BCUT2D eigenvalue weighted by Crippen LogP contribution is 2.05. The molecule has 0 fully saturated rings. The van der Waals surface area contributed by atoms with Gasteiger partial charge >= 0.3 is 0 Å². The van der Waals surface area contributed by atoms with E-state index in [0.717, 1.165) is 0 Å². The third-order valence-electron chi connectivity index (χ3n) is 1.56. The van der Waals surface area contributed by atoms with E-state index in [4.69, 9.17) is 5.73 Å². The van der Waals surface area contributed by atoms with Crippen LogP contribution in [0.5, 0.6) is 0 Å². The van der Waals surface area contributed by atoms with Gasteiger partial charge < -0.3 is 5.73 Å². The molecule has 0 amide bonds. The van der Waals surface area contributed by atoms with Crippen LogP contribution in [0.2, 0.25) is 0 Å². The number of nitrogen functional groups attached to an aromatic ring is 1. The largest absolute Gasteiger partial charge is 0.397 e. The molecule has 0 atom stereocenters. The molecule has 0 aliphatic rings. The Kier molecular flexibility index (Phi) is 1.70. The molecule has 0 radical (unpaired) electrons. The second-order valence-corrected chi connectivity index (χ2v) is 2.53. The summed E-state index contributed by atoms with van der Waals surface area (Å²) in [4.78, 5) is 3.97. The van der Waals surface area contributed by atoms with Gasteiger partial charge in [-0.3, -0.25) is 0 Å². The highest BCUT2D eigenvalue weighted by molar-refractivity contribution is 5.38. The minimum Gasteiger partial charge on any atom is -0.397 e. The zero-order valence-corrected chi connectivity index (χ0v) is 6.68. The fourth-order valence-corrected chi connectivity index (χ4v) is 0.962. The number of aromatic nitrogens is 3. The number of nitrogens with zero attached hydrogens (tertiary/aromatic N) is 3. The lowest BCUT2D eigenvalue weighted by molar-refractivity contribution is 0.564. The number of halogens is 1. The predicted octanol–water partition coefficient (Wildman–Crippen LogP) is 0.989.